The van der Waals surface area contributed by atoms with Gasteiger partial charge in [-0.1, -0.05) is 161 Å². The van der Waals surface area contributed by atoms with Crippen LogP contribution in [0.5, 0.6) is 17.2 Å². The highest BCUT2D eigenvalue weighted by molar-refractivity contribution is 6.38. The molecule has 0 radical (unpaired) electrons. The molecule has 7 aromatic rings. The molecule has 2 aliphatic rings. The molecule has 0 unspecified atom stereocenters. The van der Waals surface area contributed by atoms with Gasteiger partial charge in [-0.25, -0.2) is 0 Å². The Labute approximate surface area is 336 Å². The van der Waals surface area contributed by atoms with Crippen LogP contribution in [0.3, 0.4) is 0 Å². The molecule has 53 heavy (non-hydrogen) atoms. The average Bonchev–Trinajstić information content (AvgIpc) is 3.69. The molecule has 0 amide bonds. The van der Waals surface area contributed by atoms with Crippen molar-refractivity contribution in [3.63, 3.8) is 0 Å². The van der Waals surface area contributed by atoms with Crippen LogP contribution in [0.1, 0.15) is 33.4 Å². The highest BCUT2D eigenvalue weighted by atomic mass is 35.5. The zero-order valence-electron chi connectivity index (χ0n) is 27.4. The monoisotopic (exact) mass is 812 g/mol. The first kappa shape index (κ1) is 35.7. The van der Waals surface area contributed by atoms with E-state index in [1.807, 2.05) is 42.5 Å². The first-order valence-corrected chi connectivity index (χ1v) is 18.7. The van der Waals surface area contributed by atoms with Gasteiger partial charge in [-0.3, -0.25) is 0 Å². The summed E-state index contributed by atoms with van der Waals surface area (Å²) in [6, 6.07) is 41.2. The van der Waals surface area contributed by atoms with E-state index >= 15 is 0 Å². The van der Waals surface area contributed by atoms with Gasteiger partial charge in [0.15, 0.2) is 17.2 Å². The van der Waals surface area contributed by atoms with Crippen LogP contribution >= 0.6 is 69.6 Å². The van der Waals surface area contributed by atoms with E-state index in [4.69, 9.17) is 69.6 Å². The fourth-order valence-corrected chi connectivity index (χ4v) is 9.20. The Balaban J connectivity index is 0.000000160. The SMILES string of the molecule is Oc1c(Cl)cc(-c2cccc3c2Cc2ccccc2-3)cc1Cl.Oc1c(Cl)cc(C2(c3cc(Cl)c(O)c(Cl)c3)c3ccccc3-c3ccccc32)cc1Cl. The first-order chi connectivity index (χ1) is 25.5. The summed E-state index contributed by atoms with van der Waals surface area (Å²) in [4.78, 5) is 0. The van der Waals surface area contributed by atoms with E-state index < -0.39 is 5.41 Å². The number of phenols is 3. The molecule has 0 aliphatic heterocycles. The maximum absolute atomic E-state index is 10.2. The molecule has 0 aromatic heterocycles. The van der Waals surface area contributed by atoms with Gasteiger partial charge in [-0.05, 0) is 110 Å². The predicted molar refractivity (Wildman–Crippen MR) is 219 cm³/mol. The Morgan fingerprint density at radius 1 is 0.396 bits per heavy atom. The number of rotatable bonds is 3. The van der Waals surface area contributed by atoms with Crippen molar-refractivity contribution in [1.29, 1.82) is 0 Å². The molecule has 3 nitrogen and oxygen atoms in total. The number of hydrogen-bond donors (Lipinski definition) is 3. The van der Waals surface area contributed by atoms with Crippen LogP contribution in [-0.4, -0.2) is 15.3 Å². The summed E-state index contributed by atoms with van der Waals surface area (Å²) in [6.07, 6.45) is 0.901. The van der Waals surface area contributed by atoms with Crippen LogP contribution in [0.15, 0.2) is 127 Å². The summed E-state index contributed by atoms with van der Waals surface area (Å²) in [5, 5.41) is 31.3. The van der Waals surface area contributed by atoms with Crippen molar-refractivity contribution in [2.24, 2.45) is 0 Å². The van der Waals surface area contributed by atoms with Gasteiger partial charge >= 0.3 is 0 Å². The third-order valence-electron chi connectivity index (χ3n) is 10.0. The predicted octanol–water partition coefficient (Wildman–Crippen LogP) is 14.0. The smallest absolute Gasteiger partial charge is 0.152 e. The standard InChI is InChI=1S/C25H14Cl4O2.C19H12Cl2O/c26-19-9-13(10-20(27)23(19)30)25(14-11-21(28)24(31)22(29)12-14)17-7-3-1-5-15(17)16-6-2-4-8-18(16)25;20-17-9-12(10-18(21)19(17)22)14-6-3-7-15-13-5-2-1-4-11(13)8-16(14)15/h1-12,30-31H;1-7,9-10,22H,8H2. The van der Waals surface area contributed by atoms with E-state index in [0.29, 0.717) is 0 Å². The van der Waals surface area contributed by atoms with Crippen LogP contribution in [0.4, 0.5) is 0 Å². The summed E-state index contributed by atoms with van der Waals surface area (Å²) < 4.78 is 0. The largest absolute Gasteiger partial charge is 0.505 e. The van der Waals surface area contributed by atoms with Crippen molar-refractivity contribution in [2.45, 2.75) is 11.8 Å². The molecule has 9 heteroatoms. The van der Waals surface area contributed by atoms with E-state index in [9.17, 15) is 15.3 Å². The zero-order chi connectivity index (χ0) is 37.2. The minimum Gasteiger partial charge on any atom is -0.505 e. The van der Waals surface area contributed by atoms with Gasteiger partial charge in [0.1, 0.15) is 0 Å². The number of hydrogen-bond acceptors (Lipinski definition) is 3. The lowest BCUT2D eigenvalue weighted by atomic mass is 9.67. The van der Waals surface area contributed by atoms with Crippen LogP contribution in [0.2, 0.25) is 30.1 Å². The van der Waals surface area contributed by atoms with E-state index in [2.05, 4.69) is 48.5 Å². The highest BCUT2D eigenvalue weighted by Gasteiger charge is 2.47. The van der Waals surface area contributed by atoms with Crippen molar-refractivity contribution in [3.8, 4) is 50.6 Å². The van der Waals surface area contributed by atoms with Crippen molar-refractivity contribution in [3.05, 3.63) is 191 Å². The Morgan fingerprint density at radius 2 is 0.774 bits per heavy atom. The molecule has 0 atom stereocenters. The van der Waals surface area contributed by atoms with Crippen LogP contribution in [0.25, 0.3) is 33.4 Å². The maximum Gasteiger partial charge on any atom is 0.152 e. The Kier molecular flexibility index (Phi) is 9.31. The van der Waals surface area contributed by atoms with Gasteiger partial charge in [-0.2, -0.15) is 0 Å². The molecule has 0 bridgehead atoms. The van der Waals surface area contributed by atoms with Crippen LogP contribution in [-0.2, 0) is 11.8 Å². The number of benzene rings is 7. The molecule has 0 saturated heterocycles. The molecule has 0 saturated carbocycles. The van der Waals surface area contributed by atoms with Crippen molar-refractivity contribution in [2.75, 3.05) is 0 Å². The number of halogens is 6. The molecule has 3 N–H and O–H groups in total. The minimum atomic E-state index is -0.866. The minimum absolute atomic E-state index is 0.0667. The van der Waals surface area contributed by atoms with Gasteiger partial charge in [0, 0.05) is 0 Å². The van der Waals surface area contributed by atoms with Crippen LogP contribution in [0, 0.1) is 0 Å². The molecule has 0 spiro atoms. The summed E-state index contributed by atoms with van der Waals surface area (Å²) in [7, 11) is 0. The Morgan fingerprint density at radius 3 is 1.26 bits per heavy atom. The second kappa shape index (κ2) is 13.8. The fourth-order valence-electron chi connectivity index (χ4n) is 7.74. The fraction of sp³-hybridized carbons (Fsp3) is 0.0455. The Hall–Kier alpha value is -4.32. The van der Waals surface area contributed by atoms with Gasteiger partial charge in [0.25, 0.3) is 0 Å². The molecular formula is C44H26Cl6O3. The lowest BCUT2D eigenvalue weighted by Crippen LogP contribution is -2.28. The Bertz CT molecular complexity index is 2440. The van der Waals surface area contributed by atoms with Gasteiger partial charge in [-0.15, -0.1) is 0 Å². The third-order valence-corrected chi connectivity index (χ3v) is 11.8. The molecule has 262 valence electrons. The van der Waals surface area contributed by atoms with Gasteiger partial charge in [0.2, 0.25) is 0 Å². The lowest BCUT2D eigenvalue weighted by molar-refractivity contribution is 0.475. The number of aromatic hydroxyl groups is 3. The molecule has 0 heterocycles. The van der Waals surface area contributed by atoms with Gasteiger partial charge < -0.3 is 15.3 Å². The first-order valence-electron chi connectivity index (χ1n) is 16.5. The second-order valence-electron chi connectivity index (χ2n) is 12.9. The van der Waals surface area contributed by atoms with E-state index in [1.54, 1.807) is 36.4 Å². The van der Waals surface area contributed by atoms with Gasteiger partial charge in [0.05, 0.1) is 35.6 Å². The molecule has 2 aliphatic carbocycles. The highest BCUT2D eigenvalue weighted by Crippen LogP contribution is 2.58. The third kappa shape index (κ3) is 5.83. The average molecular weight is 815 g/mol. The molecule has 0 fully saturated rings. The van der Waals surface area contributed by atoms with Crippen LogP contribution < -0.4 is 0 Å². The topological polar surface area (TPSA) is 60.7 Å². The quantitative estimate of drug-likeness (QED) is 0.166. The summed E-state index contributed by atoms with van der Waals surface area (Å²) >= 11 is 37.6. The second-order valence-corrected chi connectivity index (χ2v) is 15.3. The van der Waals surface area contributed by atoms with Crippen molar-refractivity contribution in [1.82, 2.24) is 0 Å². The van der Waals surface area contributed by atoms with Crippen molar-refractivity contribution >= 4 is 69.6 Å². The lowest BCUT2D eigenvalue weighted by Gasteiger charge is -2.34. The maximum atomic E-state index is 10.2. The normalized spacial score (nSPS) is 13.0. The zero-order valence-corrected chi connectivity index (χ0v) is 32.0. The molecule has 7 aromatic carbocycles. The van der Waals surface area contributed by atoms with Crippen molar-refractivity contribution < 1.29 is 15.3 Å². The number of phenolic OH excluding ortho intramolecular Hbond substituents is 3. The van der Waals surface area contributed by atoms with E-state index in [0.717, 1.165) is 50.9 Å². The number of fused-ring (bicyclic) bond motifs is 6. The molecular weight excluding hydrogens is 789 g/mol. The summed E-state index contributed by atoms with van der Waals surface area (Å²) in [5.74, 6) is -0.421. The van der Waals surface area contributed by atoms with E-state index in [-0.39, 0.29) is 47.4 Å². The van der Waals surface area contributed by atoms with E-state index in [1.165, 1.54) is 22.3 Å². The summed E-state index contributed by atoms with van der Waals surface area (Å²) in [6.45, 7) is 0. The molecule has 9 rings (SSSR count). The summed E-state index contributed by atoms with van der Waals surface area (Å²) in [5.41, 5.74) is 11.9.